The molecule has 0 aromatic carbocycles. The number of carbonyl (C=O) groups is 2. The summed E-state index contributed by atoms with van der Waals surface area (Å²) in [5.74, 6) is 0.0556. The summed E-state index contributed by atoms with van der Waals surface area (Å²) in [5, 5.41) is 5.42. The van der Waals surface area contributed by atoms with Crippen LogP contribution in [0.25, 0.3) is 0 Å². The Morgan fingerprint density at radius 2 is 1.67 bits per heavy atom. The molecule has 106 valence electrons. The molecular formula is C13H27N3O2. The fourth-order valence-electron chi connectivity index (χ4n) is 1.35. The van der Waals surface area contributed by atoms with E-state index in [-0.39, 0.29) is 17.7 Å². The van der Waals surface area contributed by atoms with Gasteiger partial charge in [-0.15, -0.1) is 0 Å². The summed E-state index contributed by atoms with van der Waals surface area (Å²) < 4.78 is 0. The molecular weight excluding hydrogens is 230 g/mol. The second-order valence-corrected chi connectivity index (χ2v) is 5.28. The predicted octanol–water partition coefficient (Wildman–Crippen LogP) is 0.637. The van der Waals surface area contributed by atoms with E-state index in [4.69, 9.17) is 5.73 Å². The van der Waals surface area contributed by atoms with Crippen LogP contribution in [0, 0.1) is 11.8 Å². The predicted molar refractivity (Wildman–Crippen MR) is 72.9 cm³/mol. The molecule has 0 saturated heterocycles. The van der Waals surface area contributed by atoms with E-state index >= 15 is 0 Å². The van der Waals surface area contributed by atoms with Gasteiger partial charge in [0.05, 0.1) is 6.04 Å². The molecule has 0 aliphatic rings. The molecule has 2 amide bonds. The topological polar surface area (TPSA) is 84.2 Å². The van der Waals surface area contributed by atoms with Crippen molar-refractivity contribution in [3.8, 4) is 0 Å². The zero-order chi connectivity index (χ0) is 14.3. The van der Waals surface area contributed by atoms with Crippen molar-refractivity contribution in [1.29, 1.82) is 0 Å². The highest BCUT2D eigenvalue weighted by molar-refractivity contribution is 5.89. The third-order valence-corrected chi connectivity index (χ3v) is 3.00. The first-order chi connectivity index (χ1) is 8.29. The first kappa shape index (κ1) is 16.9. The number of carbonyl (C=O) groups excluding carboxylic acids is 2. The average molecular weight is 257 g/mol. The van der Waals surface area contributed by atoms with Crippen LogP contribution in [-0.2, 0) is 9.59 Å². The molecule has 5 nitrogen and oxygen atoms in total. The van der Waals surface area contributed by atoms with Crippen LogP contribution in [0.4, 0.5) is 0 Å². The minimum atomic E-state index is -0.560. The maximum atomic E-state index is 11.8. The highest BCUT2D eigenvalue weighted by Crippen LogP contribution is 2.05. The van der Waals surface area contributed by atoms with Crippen molar-refractivity contribution in [2.45, 2.75) is 53.1 Å². The van der Waals surface area contributed by atoms with E-state index in [0.29, 0.717) is 12.5 Å². The lowest BCUT2D eigenvalue weighted by Crippen LogP contribution is -2.52. The molecule has 18 heavy (non-hydrogen) atoms. The zero-order valence-corrected chi connectivity index (χ0v) is 12.1. The molecule has 4 N–H and O–H groups in total. The third-order valence-electron chi connectivity index (χ3n) is 3.00. The molecule has 5 heteroatoms. The molecule has 0 rings (SSSR count). The lowest BCUT2D eigenvalue weighted by molar-refractivity contribution is -0.129. The molecule has 0 saturated carbocycles. The number of amides is 2. The lowest BCUT2D eigenvalue weighted by Gasteiger charge is -2.21. The fraction of sp³-hybridized carbons (Fsp3) is 0.846. The maximum absolute atomic E-state index is 11.8. The van der Waals surface area contributed by atoms with Gasteiger partial charge in [-0.2, -0.15) is 0 Å². The van der Waals surface area contributed by atoms with Gasteiger partial charge in [0.2, 0.25) is 11.8 Å². The van der Waals surface area contributed by atoms with Crippen molar-refractivity contribution < 1.29 is 9.59 Å². The van der Waals surface area contributed by atoms with E-state index in [1.165, 1.54) is 0 Å². The van der Waals surface area contributed by atoms with Crippen molar-refractivity contribution >= 4 is 11.8 Å². The molecule has 0 heterocycles. The molecule has 0 fully saturated rings. The summed E-state index contributed by atoms with van der Waals surface area (Å²) in [6, 6.07) is -1.11. The van der Waals surface area contributed by atoms with Crippen molar-refractivity contribution in [3.05, 3.63) is 0 Å². The average Bonchev–Trinajstić information content (AvgIpc) is 2.33. The Hall–Kier alpha value is -1.10. The Labute approximate surface area is 110 Å². The van der Waals surface area contributed by atoms with Gasteiger partial charge in [0, 0.05) is 6.54 Å². The van der Waals surface area contributed by atoms with Crippen LogP contribution in [0.5, 0.6) is 0 Å². The van der Waals surface area contributed by atoms with Crippen LogP contribution in [0.2, 0.25) is 0 Å². The van der Waals surface area contributed by atoms with Gasteiger partial charge < -0.3 is 16.4 Å². The van der Waals surface area contributed by atoms with Crippen LogP contribution < -0.4 is 16.4 Å². The first-order valence-electron chi connectivity index (χ1n) is 6.63. The molecule has 2 unspecified atom stereocenters. The van der Waals surface area contributed by atoms with Crippen molar-refractivity contribution in [1.82, 2.24) is 10.6 Å². The van der Waals surface area contributed by atoms with Crippen LogP contribution in [0.1, 0.15) is 41.0 Å². The summed E-state index contributed by atoms with van der Waals surface area (Å²) in [4.78, 5) is 23.5. The van der Waals surface area contributed by atoms with E-state index in [1.54, 1.807) is 6.92 Å². The minimum Gasteiger partial charge on any atom is -0.354 e. The Bertz CT molecular complexity index is 279. The minimum absolute atomic E-state index is 0.107. The molecule has 0 aliphatic heterocycles. The highest BCUT2D eigenvalue weighted by atomic mass is 16.2. The second kappa shape index (κ2) is 8.08. The molecule has 0 radical (unpaired) electrons. The normalized spacial score (nSPS) is 15.9. The monoisotopic (exact) mass is 257 g/mol. The highest BCUT2D eigenvalue weighted by Gasteiger charge is 2.23. The van der Waals surface area contributed by atoms with Crippen LogP contribution in [0.3, 0.4) is 0 Å². The van der Waals surface area contributed by atoms with Gasteiger partial charge in [-0.3, -0.25) is 9.59 Å². The van der Waals surface area contributed by atoms with E-state index in [0.717, 1.165) is 6.42 Å². The number of nitrogens with two attached hydrogens (primary N) is 1. The molecule has 0 spiro atoms. The van der Waals surface area contributed by atoms with Crippen molar-refractivity contribution in [2.24, 2.45) is 17.6 Å². The Morgan fingerprint density at radius 1 is 1.11 bits per heavy atom. The van der Waals surface area contributed by atoms with Crippen molar-refractivity contribution in [3.63, 3.8) is 0 Å². The van der Waals surface area contributed by atoms with Gasteiger partial charge in [0.15, 0.2) is 0 Å². The van der Waals surface area contributed by atoms with Crippen LogP contribution in [-0.4, -0.2) is 30.4 Å². The summed E-state index contributed by atoms with van der Waals surface area (Å²) >= 11 is 0. The lowest BCUT2D eigenvalue weighted by atomic mass is 9.99. The Morgan fingerprint density at radius 3 is 2.11 bits per heavy atom. The van der Waals surface area contributed by atoms with E-state index in [9.17, 15) is 9.59 Å². The summed E-state index contributed by atoms with van der Waals surface area (Å²) in [6.45, 7) is 10.2. The smallest absolute Gasteiger partial charge is 0.242 e. The molecule has 0 aromatic heterocycles. The summed E-state index contributed by atoms with van der Waals surface area (Å²) in [7, 11) is 0. The van der Waals surface area contributed by atoms with Crippen molar-refractivity contribution in [2.75, 3.05) is 6.54 Å². The van der Waals surface area contributed by atoms with Gasteiger partial charge in [-0.05, 0) is 18.8 Å². The summed E-state index contributed by atoms with van der Waals surface area (Å²) in [5.41, 5.74) is 5.80. The fourth-order valence-corrected chi connectivity index (χ4v) is 1.35. The number of nitrogens with one attached hydrogen (secondary N) is 2. The first-order valence-corrected chi connectivity index (χ1v) is 6.63. The Kier molecular flexibility index (Phi) is 7.59. The van der Waals surface area contributed by atoms with E-state index in [2.05, 4.69) is 10.6 Å². The zero-order valence-electron chi connectivity index (χ0n) is 12.1. The number of hydrogen-bond acceptors (Lipinski definition) is 3. The van der Waals surface area contributed by atoms with E-state index < -0.39 is 12.1 Å². The molecule has 0 aliphatic carbocycles. The van der Waals surface area contributed by atoms with Gasteiger partial charge in [0.25, 0.3) is 0 Å². The van der Waals surface area contributed by atoms with Gasteiger partial charge in [-0.25, -0.2) is 0 Å². The molecule has 0 bridgehead atoms. The molecule has 3 atom stereocenters. The largest absolute Gasteiger partial charge is 0.354 e. The SMILES string of the molecule is CCC(C)[C@H](N)C(=O)NC(C)C(=O)NCC(C)C. The number of hydrogen-bond donors (Lipinski definition) is 3. The standard InChI is InChI=1S/C13H27N3O2/c1-6-9(4)11(14)13(18)16-10(5)12(17)15-7-8(2)3/h8-11H,6-7,14H2,1-5H3,(H,15,17)(H,16,18)/t9?,10?,11-/m0/s1. The maximum Gasteiger partial charge on any atom is 0.242 e. The van der Waals surface area contributed by atoms with Gasteiger partial charge in [0.1, 0.15) is 6.04 Å². The summed E-state index contributed by atoms with van der Waals surface area (Å²) in [6.07, 6.45) is 0.836. The van der Waals surface area contributed by atoms with Gasteiger partial charge in [-0.1, -0.05) is 34.1 Å². The molecule has 0 aromatic rings. The van der Waals surface area contributed by atoms with E-state index in [1.807, 2.05) is 27.7 Å². The number of rotatable bonds is 7. The van der Waals surface area contributed by atoms with Crippen LogP contribution >= 0.6 is 0 Å². The van der Waals surface area contributed by atoms with Gasteiger partial charge >= 0.3 is 0 Å². The Balaban J connectivity index is 4.18. The second-order valence-electron chi connectivity index (χ2n) is 5.28. The quantitative estimate of drug-likeness (QED) is 0.625. The third kappa shape index (κ3) is 6.00. The van der Waals surface area contributed by atoms with Crippen LogP contribution in [0.15, 0.2) is 0 Å².